The largest absolute Gasteiger partial charge is 0.508 e. The number of fused-ring (bicyclic) bond motifs is 3. The van der Waals surface area contributed by atoms with Crippen LogP contribution in [0.5, 0.6) is 5.75 Å². The lowest BCUT2D eigenvalue weighted by atomic mass is 10.00. The Morgan fingerprint density at radius 3 is 2.38 bits per heavy atom. The van der Waals surface area contributed by atoms with E-state index in [9.17, 15) is 5.11 Å². The SMILES string of the molecule is Oc1ccc(-c2ccnc3c2ccc2cccnc23)cc1. The number of phenolic OH excluding ortho intramolecular Hbond substituents is 1. The quantitative estimate of drug-likeness (QED) is 0.529. The van der Waals surface area contributed by atoms with Crippen molar-refractivity contribution in [3.8, 4) is 16.9 Å². The molecule has 0 atom stereocenters. The monoisotopic (exact) mass is 272 g/mol. The van der Waals surface area contributed by atoms with Crippen LogP contribution >= 0.6 is 0 Å². The summed E-state index contributed by atoms with van der Waals surface area (Å²) in [5.74, 6) is 0.268. The van der Waals surface area contributed by atoms with Crippen LogP contribution in [0, 0.1) is 0 Å². The van der Waals surface area contributed by atoms with Crippen molar-refractivity contribution in [3.05, 3.63) is 67.0 Å². The van der Waals surface area contributed by atoms with Gasteiger partial charge in [-0.25, -0.2) is 0 Å². The van der Waals surface area contributed by atoms with E-state index in [1.54, 1.807) is 24.5 Å². The molecule has 1 N–H and O–H groups in total. The van der Waals surface area contributed by atoms with Crippen molar-refractivity contribution in [2.75, 3.05) is 0 Å². The molecule has 0 radical (unpaired) electrons. The molecule has 3 heteroatoms. The van der Waals surface area contributed by atoms with E-state index in [0.29, 0.717) is 0 Å². The van der Waals surface area contributed by atoms with Crippen LogP contribution in [0.2, 0.25) is 0 Å². The summed E-state index contributed by atoms with van der Waals surface area (Å²) < 4.78 is 0. The van der Waals surface area contributed by atoms with Crippen LogP contribution in [-0.4, -0.2) is 15.1 Å². The smallest absolute Gasteiger partial charge is 0.115 e. The van der Waals surface area contributed by atoms with Crippen LogP contribution in [0.3, 0.4) is 0 Å². The Labute approximate surface area is 121 Å². The van der Waals surface area contributed by atoms with E-state index in [2.05, 4.69) is 22.1 Å². The van der Waals surface area contributed by atoms with Crippen LogP contribution in [0.15, 0.2) is 67.0 Å². The predicted molar refractivity (Wildman–Crippen MR) is 84.1 cm³/mol. The zero-order valence-electron chi connectivity index (χ0n) is 11.2. The number of hydrogen-bond donors (Lipinski definition) is 1. The van der Waals surface area contributed by atoms with Crippen molar-refractivity contribution in [1.82, 2.24) is 9.97 Å². The van der Waals surface area contributed by atoms with Gasteiger partial charge in [0.15, 0.2) is 0 Å². The van der Waals surface area contributed by atoms with Crippen molar-refractivity contribution in [1.29, 1.82) is 0 Å². The first-order valence-electron chi connectivity index (χ1n) is 6.75. The highest BCUT2D eigenvalue weighted by molar-refractivity contribution is 6.07. The molecule has 100 valence electrons. The Kier molecular flexibility index (Phi) is 2.57. The van der Waals surface area contributed by atoms with Gasteiger partial charge in [0.1, 0.15) is 5.75 Å². The number of phenols is 1. The number of nitrogens with zero attached hydrogens (tertiary/aromatic N) is 2. The Bertz CT molecular complexity index is 946. The number of pyridine rings is 2. The van der Waals surface area contributed by atoms with Gasteiger partial charge in [0.2, 0.25) is 0 Å². The minimum absolute atomic E-state index is 0.268. The number of rotatable bonds is 1. The first-order valence-corrected chi connectivity index (χ1v) is 6.75. The first-order chi connectivity index (χ1) is 10.3. The number of aromatic hydroxyl groups is 1. The fourth-order valence-corrected chi connectivity index (χ4v) is 2.65. The molecular weight excluding hydrogens is 260 g/mol. The van der Waals surface area contributed by atoms with Gasteiger partial charge in [0.25, 0.3) is 0 Å². The Morgan fingerprint density at radius 1 is 0.714 bits per heavy atom. The standard InChI is InChI=1S/C18H12N2O/c21-14-6-3-12(4-7-14)15-9-11-20-18-16(15)8-5-13-2-1-10-19-17(13)18/h1-11,21H. The highest BCUT2D eigenvalue weighted by Crippen LogP contribution is 2.31. The van der Waals surface area contributed by atoms with Gasteiger partial charge in [-0.3, -0.25) is 9.97 Å². The predicted octanol–water partition coefficient (Wildman–Crippen LogP) is 4.16. The highest BCUT2D eigenvalue weighted by atomic mass is 16.3. The fourth-order valence-electron chi connectivity index (χ4n) is 2.65. The van der Waals surface area contributed by atoms with E-state index in [1.165, 1.54) is 0 Å². The van der Waals surface area contributed by atoms with E-state index in [-0.39, 0.29) is 5.75 Å². The molecule has 4 aromatic rings. The summed E-state index contributed by atoms with van der Waals surface area (Å²) in [6.45, 7) is 0. The van der Waals surface area contributed by atoms with E-state index < -0.39 is 0 Å². The van der Waals surface area contributed by atoms with Gasteiger partial charge in [0, 0.05) is 23.2 Å². The topological polar surface area (TPSA) is 46.0 Å². The van der Waals surface area contributed by atoms with Crippen molar-refractivity contribution in [3.63, 3.8) is 0 Å². The molecule has 0 spiro atoms. The maximum absolute atomic E-state index is 9.44. The molecule has 0 amide bonds. The maximum atomic E-state index is 9.44. The van der Waals surface area contributed by atoms with Gasteiger partial charge in [-0.2, -0.15) is 0 Å². The molecule has 0 saturated carbocycles. The highest BCUT2D eigenvalue weighted by Gasteiger charge is 2.08. The summed E-state index contributed by atoms with van der Waals surface area (Å²) in [4.78, 5) is 8.96. The zero-order chi connectivity index (χ0) is 14.2. The average Bonchev–Trinajstić information content (AvgIpc) is 2.55. The van der Waals surface area contributed by atoms with Gasteiger partial charge in [-0.15, -0.1) is 0 Å². The van der Waals surface area contributed by atoms with Crippen LogP contribution in [-0.2, 0) is 0 Å². The lowest BCUT2D eigenvalue weighted by Crippen LogP contribution is -1.87. The molecule has 0 aliphatic heterocycles. The van der Waals surface area contributed by atoms with Crippen molar-refractivity contribution in [2.45, 2.75) is 0 Å². The van der Waals surface area contributed by atoms with E-state index >= 15 is 0 Å². The molecule has 0 bridgehead atoms. The van der Waals surface area contributed by atoms with E-state index in [0.717, 1.165) is 32.9 Å². The second-order valence-electron chi connectivity index (χ2n) is 4.94. The normalized spacial score (nSPS) is 11.0. The molecule has 2 aromatic heterocycles. The van der Waals surface area contributed by atoms with Crippen LogP contribution in [0.25, 0.3) is 32.9 Å². The first kappa shape index (κ1) is 11.9. The Balaban J connectivity index is 2.06. The van der Waals surface area contributed by atoms with Gasteiger partial charge in [0.05, 0.1) is 11.0 Å². The van der Waals surface area contributed by atoms with Crippen molar-refractivity contribution in [2.24, 2.45) is 0 Å². The van der Waals surface area contributed by atoms with Crippen LogP contribution < -0.4 is 0 Å². The Hall–Kier alpha value is -2.94. The summed E-state index contributed by atoms with van der Waals surface area (Å²) in [7, 11) is 0. The Morgan fingerprint density at radius 2 is 1.52 bits per heavy atom. The lowest BCUT2D eigenvalue weighted by Gasteiger charge is -2.08. The second-order valence-corrected chi connectivity index (χ2v) is 4.94. The zero-order valence-corrected chi connectivity index (χ0v) is 11.2. The minimum Gasteiger partial charge on any atom is -0.508 e. The third-order valence-corrected chi connectivity index (χ3v) is 3.66. The third-order valence-electron chi connectivity index (χ3n) is 3.66. The van der Waals surface area contributed by atoms with Gasteiger partial charge >= 0.3 is 0 Å². The molecule has 0 aliphatic rings. The molecule has 4 rings (SSSR count). The summed E-state index contributed by atoms with van der Waals surface area (Å²) in [6, 6.07) is 17.3. The fraction of sp³-hybridized carbons (Fsp3) is 0. The summed E-state index contributed by atoms with van der Waals surface area (Å²) in [5.41, 5.74) is 3.96. The van der Waals surface area contributed by atoms with Gasteiger partial charge < -0.3 is 5.11 Å². The lowest BCUT2D eigenvalue weighted by molar-refractivity contribution is 0.475. The van der Waals surface area contributed by atoms with Crippen molar-refractivity contribution >= 4 is 21.8 Å². The van der Waals surface area contributed by atoms with Gasteiger partial charge in [-0.05, 0) is 35.4 Å². The molecule has 0 unspecified atom stereocenters. The summed E-state index contributed by atoms with van der Waals surface area (Å²) in [5, 5.41) is 11.6. The molecule has 3 nitrogen and oxygen atoms in total. The number of hydrogen-bond acceptors (Lipinski definition) is 3. The molecule has 2 heterocycles. The molecule has 0 aliphatic carbocycles. The molecule has 0 saturated heterocycles. The molecule has 0 fully saturated rings. The third kappa shape index (κ3) is 1.91. The van der Waals surface area contributed by atoms with Crippen LogP contribution in [0.1, 0.15) is 0 Å². The van der Waals surface area contributed by atoms with E-state index in [4.69, 9.17) is 0 Å². The summed E-state index contributed by atoms with van der Waals surface area (Å²) in [6.07, 6.45) is 3.59. The van der Waals surface area contributed by atoms with Crippen molar-refractivity contribution < 1.29 is 5.11 Å². The molecular formula is C18H12N2O. The summed E-state index contributed by atoms with van der Waals surface area (Å²) >= 11 is 0. The number of aromatic nitrogens is 2. The van der Waals surface area contributed by atoms with E-state index in [1.807, 2.05) is 30.3 Å². The second kappa shape index (κ2) is 4.56. The average molecular weight is 272 g/mol. The minimum atomic E-state index is 0.268. The maximum Gasteiger partial charge on any atom is 0.115 e. The number of benzene rings is 2. The molecule has 21 heavy (non-hydrogen) atoms. The molecule has 2 aromatic carbocycles. The van der Waals surface area contributed by atoms with Crippen LogP contribution in [0.4, 0.5) is 0 Å². The van der Waals surface area contributed by atoms with Gasteiger partial charge in [-0.1, -0.05) is 30.3 Å².